The van der Waals surface area contributed by atoms with E-state index in [-0.39, 0.29) is 24.3 Å². The number of aliphatic hydroxyl groups is 1. The lowest BCUT2D eigenvalue weighted by Crippen LogP contribution is -2.35. The van der Waals surface area contributed by atoms with E-state index in [1.54, 1.807) is 0 Å². The molecular weight excluding hydrogens is 330 g/mol. The van der Waals surface area contributed by atoms with Gasteiger partial charge in [-0.15, -0.1) is 0 Å². The van der Waals surface area contributed by atoms with Crippen LogP contribution in [0.3, 0.4) is 0 Å². The van der Waals surface area contributed by atoms with Crippen LogP contribution in [0.1, 0.15) is 25.7 Å². The Labute approximate surface area is 133 Å². The highest BCUT2D eigenvalue weighted by atomic mass is 79.9. The number of rotatable bonds is 3. The van der Waals surface area contributed by atoms with E-state index in [4.69, 9.17) is 0 Å². The van der Waals surface area contributed by atoms with Crippen molar-refractivity contribution < 1.29 is 9.90 Å². The Hall–Kier alpha value is -0.870. The molecule has 21 heavy (non-hydrogen) atoms. The lowest BCUT2D eigenvalue weighted by atomic mass is 9.79. The van der Waals surface area contributed by atoms with E-state index in [2.05, 4.69) is 21.2 Å². The van der Waals surface area contributed by atoms with Gasteiger partial charge in [-0.1, -0.05) is 15.9 Å². The maximum atomic E-state index is 12.7. The number of hydrogen-bond donors (Lipinski definition) is 2. The van der Waals surface area contributed by atoms with Crippen LogP contribution in [0.2, 0.25) is 0 Å². The van der Waals surface area contributed by atoms with Gasteiger partial charge in [0.1, 0.15) is 0 Å². The fourth-order valence-corrected chi connectivity index (χ4v) is 5.46. The van der Waals surface area contributed by atoms with Crippen molar-refractivity contribution in [1.29, 1.82) is 0 Å². The first-order valence-electron chi connectivity index (χ1n) is 7.83. The second kappa shape index (κ2) is 4.82. The SMILES string of the molecule is O=C(Nc1ccc(Br)cc1)C1C(CO)C2CCC1C21CC1. The van der Waals surface area contributed by atoms with Crippen LogP contribution in [0, 0.1) is 29.1 Å². The maximum Gasteiger partial charge on any atom is 0.228 e. The summed E-state index contributed by atoms with van der Waals surface area (Å²) in [5.74, 6) is 1.35. The molecule has 4 rings (SSSR count). The molecule has 1 amide bonds. The standard InChI is InChI=1S/C17H20BrNO2/c18-10-1-3-11(4-2-10)19-16(21)15-12(9-20)13-5-6-14(15)17(13)7-8-17/h1-4,12-15,20H,5-9H2,(H,19,21). The van der Waals surface area contributed by atoms with Crippen molar-refractivity contribution in [3.05, 3.63) is 28.7 Å². The summed E-state index contributed by atoms with van der Waals surface area (Å²) in [6, 6.07) is 7.69. The highest BCUT2D eigenvalue weighted by Gasteiger charge is 2.69. The van der Waals surface area contributed by atoms with Crippen LogP contribution in [-0.4, -0.2) is 17.6 Å². The van der Waals surface area contributed by atoms with E-state index in [9.17, 15) is 9.90 Å². The third-order valence-corrected chi connectivity index (χ3v) is 6.66. The molecule has 4 atom stereocenters. The van der Waals surface area contributed by atoms with E-state index in [0.29, 0.717) is 17.3 Å². The van der Waals surface area contributed by atoms with Crippen molar-refractivity contribution in [3.8, 4) is 0 Å². The predicted molar refractivity (Wildman–Crippen MR) is 84.7 cm³/mol. The van der Waals surface area contributed by atoms with Crippen molar-refractivity contribution in [1.82, 2.24) is 0 Å². The van der Waals surface area contributed by atoms with E-state index in [1.807, 2.05) is 24.3 Å². The maximum absolute atomic E-state index is 12.7. The van der Waals surface area contributed by atoms with Gasteiger partial charge in [0, 0.05) is 22.7 Å². The molecule has 3 saturated carbocycles. The van der Waals surface area contributed by atoms with Crippen LogP contribution in [0.15, 0.2) is 28.7 Å². The smallest absolute Gasteiger partial charge is 0.228 e. The number of anilines is 1. The van der Waals surface area contributed by atoms with Crippen molar-refractivity contribution in [3.63, 3.8) is 0 Å². The molecule has 3 fully saturated rings. The Morgan fingerprint density at radius 3 is 2.52 bits per heavy atom. The van der Waals surface area contributed by atoms with Crippen LogP contribution >= 0.6 is 15.9 Å². The lowest BCUT2D eigenvalue weighted by Gasteiger charge is -2.28. The zero-order chi connectivity index (χ0) is 14.6. The third-order valence-electron chi connectivity index (χ3n) is 6.13. The first-order chi connectivity index (χ1) is 10.2. The molecule has 0 saturated heterocycles. The summed E-state index contributed by atoms with van der Waals surface area (Å²) in [6.07, 6.45) is 4.90. The molecular formula is C17H20BrNO2. The molecule has 0 aliphatic heterocycles. The molecule has 0 heterocycles. The van der Waals surface area contributed by atoms with Gasteiger partial charge in [0.2, 0.25) is 5.91 Å². The first kappa shape index (κ1) is 13.8. The van der Waals surface area contributed by atoms with Gasteiger partial charge in [0.15, 0.2) is 0 Å². The van der Waals surface area contributed by atoms with Gasteiger partial charge < -0.3 is 10.4 Å². The summed E-state index contributed by atoms with van der Waals surface area (Å²) >= 11 is 3.40. The summed E-state index contributed by atoms with van der Waals surface area (Å²) in [5.41, 5.74) is 1.25. The monoisotopic (exact) mass is 349 g/mol. The Balaban J connectivity index is 1.55. The van der Waals surface area contributed by atoms with Crippen LogP contribution in [-0.2, 0) is 4.79 Å². The Kier molecular flexibility index (Phi) is 3.16. The Bertz CT molecular complexity index is 567. The minimum Gasteiger partial charge on any atom is -0.396 e. The second-order valence-electron chi connectivity index (χ2n) is 6.89. The number of carbonyl (C=O) groups is 1. The second-order valence-corrected chi connectivity index (χ2v) is 7.81. The van der Waals surface area contributed by atoms with Gasteiger partial charge in [0.25, 0.3) is 0 Å². The largest absolute Gasteiger partial charge is 0.396 e. The van der Waals surface area contributed by atoms with Crippen LogP contribution < -0.4 is 5.32 Å². The summed E-state index contributed by atoms with van der Waals surface area (Å²) in [4.78, 5) is 12.7. The summed E-state index contributed by atoms with van der Waals surface area (Å²) < 4.78 is 1.01. The minimum atomic E-state index is -0.0000955. The third kappa shape index (κ3) is 1.99. The van der Waals surface area contributed by atoms with Crippen LogP contribution in [0.5, 0.6) is 0 Å². The van der Waals surface area contributed by atoms with E-state index in [1.165, 1.54) is 25.7 Å². The van der Waals surface area contributed by atoms with Crippen molar-refractivity contribution in [2.45, 2.75) is 25.7 Å². The highest BCUT2D eigenvalue weighted by Crippen LogP contribution is 2.74. The van der Waals surface area contributed by atoms with Gasteiger partial charge in [0.05, 0.1) is 0 Å². The van der Waals surface area contributed by atoms with Crippen LogP contribution in [0.4, 0.5) is 5.69 Å². The fourth-order valence-electron chi connectivity index (χ4n) is 5.20. The number of carbonyl (C=O) groups excluding carboxylic acids is 1. The molecule has 1 aromatic carbocycles. The molecule has 1 aromatic rings. The summed E-state index contributed by atoms with van der Waals surface area (Å²) in [5, 5.41) is 12.8. The van der Waals surface area contributed by atoms with Gasteiger partial charge in [-0.25, -0.2) is 0 Å². The highest BCUT2D eigenvalue weighted by molar-refractivity contribution is 9.10. The number of nitrogens with one attached hydrogen (secondary N) is 1. The zero-order valence-corrected chi connectivity index (χ0v) is 13.5. The van der Waals surface area contributed by atoms with E-state index in [0.717, 1.165) is 10.2 Å². The number of aliphatic hydroxyl groups excluding tert-OH is 1. The molecule has 2 N–H and O–H groups in total. The topological polar surface area (TPSA) is 49.3 Å². The van der Waals surface area contributed by atoms with Crippen molar-refractivity contribution in [2.75, 3.05) is 11.9 Å². The van der Waals surface area contributed by atoms with Gasteiger partial charge >= 0.3 is 0 Å². The lowest BCUT2D eigenvalue weighted by molar-refractivity contribution is -0.123. The molecule has 112 valence electrons. The van der Waals surface area contributed by atoms with Crippen molar-refractivity contribution >= 4 is 27.5 Å². The molecule has 4 heteroatoms. The zero-order valence-electron chi connectivity index (χ0n) is 11.9. The fraction of sp³-hybridized carbons (Fsp3) is 0.588. The summed E-state index contributed by atoms with van der Waals surface area (Å²) in [6.45, 7) is 0.154. The molecule has 2 bridgehead atoms. The molecule has 4 unspecified atom stereocenters. The van der Waals surface area contributed by atoms with Crippen molar-refractivity contribution in [2.24, 2.45) is 29.1 Å². The molecule has 0 aromatic heterocycles. The number of hydrogen-bond acceptors (Lipinski definition) is 2. The summed E-state index contributed by atoms with van der Waals surface area (Å²) in [7, 11) is 0. The van der Waals surface area contributed by atoms with E-state index >= 15 is 0 Å². The molecule has 3 aliphatic rings. The van der Waals surface area contributed by atoms with Crippen LogP contribution in [0.25, 0.3) is 0 Å². The molecule has 1 spiro atoms. The minimum absolute atomic E-state index is 0.0000955. The molecule has 3 aliphatic carbocycles. The number of halogens is 1. The first-order valence-corrected chi connectivity index (χ1v) is 8.62. The Morgan fingerprint density at radius 2 is 1.90 bits per heavy atom. The number of amides is 1. The van der Waals surface area contributed by atoms with Gasteiger partial charge in [-0.3, -0.25) is 4.79 Å². The average molecular weight is 350 g/mol. The van der Waals surface area contributed by atoms with Gasteiger partial charge in [-0.05, 0) is 73.1 Å². The normalized spacial score (nSPS) is 35.1. The number of benzene rings is 1. The predicted octanol–water partition coefficient (Wildman–Crippen LogP) is 3.43. The molecule has 3 nitrogen and oxygen atoms in total. The van der Waals surface area contributed by atoms with Gasteiger partial charge in [-0.2, -0.15) is 0 Å². The average Bonchev–Trinajstić information content (AvgIpc) is 3.15. The Morgan fingerprint density at radius 1 is 1.24 bits per heavy atom. The quantitative estimate of drug-likeness (QED) is 0.878. The molecule has 0 radical (unpaired) electrons. The van der Waals surface area contributed by atoms with E-state index < -0.39 is 0 Å².